The molecular formula is C23H22ClN5O3. The molecule has 0 unspecified atom stereocenters. The molecule has 8 nitrogen and oxygen atoms in total. The Hall–Kier alpha value is -3.78. The minimum absolute atomic E-state index is 0.0441. The van der Waals surface area contributed by atoms with Crippen molar-refractivity contribution in [3.63, 3.8) is 0 Å². The van der Waals surface area contributed by atoms with Gasteiger partial charge in [-0.1, -0.05) is 41.4 Å². The van der Waals surface area contributed by atoms with Crippen molar-refractivity contribution in [2.45, 2.75) is 27.3 Å². The Morgan fingerprint density at radius 2 is 1.84 bits per heavy atom. The van der Waals surface area contributed by atoms with Gasteiger partial charge in [0.2, 0.25) is 0 Å². The van der Waals surface area contributed by atoms with Gasteiger partial charge in [0.1, 0.15) is 17.2 Å². The van der Waals surface area contributed by atoms with Crippen LogP contribution in [0.5, 0.6) is 11.5 Å². The third-order valence-corrected chi connectivity index (χ3v) is 5.01. The Kier molecular flexibility index (Phi) is 6.42. The van der Waals surface area contributed by atoms with Crippen molar-refractivity contribution in [1.29, 1.82) is 0 Å². The van der Waals surface area contributed by atoms with Gasteiger partial charge in [0.25, 0.3) is 5.91 Å². The van der Waals surface area contributed by atoms with Crippen LogP contribution in [0.1, 0.15) is 21.6 Å². The van der Waals surface area contributed by atoms with Gasteiger partial charge in [-0.25, -0.2) is 9.36 Å². The maximum atomic E-state index is 12.7. The number of aromatic nitrogens is 4. The normalized spacial score (nSPS) is 10.7. The highest BCUT2D eigenvalue weighted by atomic mass is 35.5. The molecule has 2 heterocycles. The first-order valence-corrected chi connectivity index (χ1v) is 10.3. The largest absolute Gasteiger partial charge is 0.471 e. The van der Waals surface area contributed by atoms with Gasteiger partial charge in [-0.05, 0) is 43.7 Å². The molecule has 9 heteroatoms. The molecule has 4 aromatic rings. The quantitative estimate of drug-likeness (QED) is 0.420. The van der Waals surface area contributed by atoms with Crippen LogP contribution >= 0.6 is 11.6 Å². The molecule has 0 aliphatic rings. The van der Waals surface area contributed by atoms with Crippen molar-refractivity contribution in [2.24, 2.45) is 0 Å². The predicted molar refractivity (Wildman–Crippen MR) is 121 cm³/mol. The fourth-order valence-electron chi connectivity index (χ4n) is 3.11. The second-order valence-electron chi connectivity index (χ2n) is 7.18. The summed E-state index contributed by atoms with van der Waals surface area (Å²) in [5.41, 5.74) is 3.11. The number of benzene rings is 2. The average Bonchev–Trinajstić information content (AvgIpc) is 3.42. The summed E-state index contributed by atoms with van der Waals surface area (Å²) in [4.78, 5) is 12.7. The summed E-state index contributed by atoms with van der Waals surface area (Å²) in [5.74, 6) is 0.973. The van der Waals surface area contributed by atoms with Crippen LogP contribution in [0.3, 0.4) is 0 Å². The van der Waals surface area contributed by atoms with Gasteiger partial charge >= 0.3 is 0 Å². The van der Waals surface area contributed by atoms with E-state index in [0.717, 1.165) is 11.3 Å². The van der Waals surface area contributed by atoms with Crippen molar-refractivity contribution >= 4 is 23.2 Å². The standard InChI is InChI=1S/C23H22ClN5O3/c1-16-7-8-21(17(2)11-16)31-14-28-13-18(12-26-28)27-23(30)20-9-10-25-29(20)15-32-22-6-4-3-5-19(22)24/h3-13H,14-15H2,1-2H3,(H,27,30). The van der Waals surface area contributed by atoms with Crippen LogP contribution in [0.4, 0.5) is 5.69 Å². The van der Waals surface area contributed by atoms with Crippen molar-refractivity contribution in [3.8, 4) is 11.5 Å². The van der Waals surface area contributed by atoms with Gasteiger partial charge in [0, 0.05) is 6.20 Å². The zero-order valence-corrected chi connectivity index (χ0v) is 18.4. The first kappa shape index (κ1) is 21.5. The molecule has 0 radical (unpaired) electrons. The number of carbonyl (C=O) groups is 1. The lowest BCUT2D eigenvalue weighted by Gasteiger charge is -2.10. The molecule has 4 rings (SSSR count). The number of hydrogen-bond donors (Lipinski definition) is 1. The summed E-state index contributed by atoms with van der Waals surface area (Å²) in [5, 5.41) is 11.7. The van der Waals surface area contributed by atoms with Gasteiger partial charge in [0.15, 0.2) is 13.5 Å². The van der Waals surface area contributed by atoms with Gasteiger partial charge in [0.05, 0.1) is 23.1 Å². The topological polar surface area (TPSA) is 83.2 Å². The summed E-state index contributed by atoms with van der Waals surface area (Å²) in [6.07, 6.45) is 4.79. The van der Waals surface area contributed by atoms with Crippen LogP contribution in [0, 0.1) is 13.8 Å². The summed E-state index contributed by atoms with van der Waals surface area (Å²) in [6.45, 7) is 4.30. The number of nitrogens with zero attached hydrogens (tertiary/aromatic N) is 4. The van der Waals surface area contributed by atoms with Gasteiger partial charge < -0.3 is 14.8 Å². The number of nitrogens with one attached hydrogen (secondary N) is 1. The minimum Gasteiger partial charge on any atom is -0.471 e. The van der Waals surface area contributed by atoms with E-state index in [1.807, 2.05) is 38.1 Å². The monoisotopic (exact) mass is 451 g/mol. The molecule has 2 aromatic carbocycles. The van der Waals surface area contributed by atoms with E-state index in [1.54, 1.807) is 35.3 Å². The molecule has 0 saturated heterocycles. The Morgan fingerprint density at radius 3 is 2.66 bits per heavy atom. The number of ether oxygens (including phenoxy) is 2. The molecule has 1 amide bonds. The maximum absolute atomic E-state index is 12.7. The second-order valence-corrected chi connectivity index (χ2v) is 7.59. The Labute approximate surface area is 190 Å². The molecule has 0 aliphatic carbocycles. The Balaban J connectivity index is 1.35. The first-order chi connectivity index (χ1) is 15.5. The lowest BCUT2D eigenvalue weighted by Crippen LogP contribution is -2.19. The smallest absolute Gasteiger partial charge is 0.274 e. The van der Waals surface area contributed by atoms with Crippen LogP contribution in [0.15, 0.2) is 67.1 Å². The molecule has 0 aliphatic heterocycles. The highest BCUT2D eigenvalue weighted by Crippen LogP contribution is 2.23. The molecule has 0 atom stereocenters. The second kappa shape index (κ2) is 9.57. The lowest BCUT2D eigenvalue weighted by atomic mass is 10.1. The highest BCUT2D eigenvalue weighted by Gasteiger charge is 2.14. The van der Waals surface area contributed by atoms with E-state index in [4.69, 9.17) is 21.1 Å². The van der Waals surface area contributed by atoms with E-state index >= 15 is 0 Å². The number of halogens is 1. The third-order valence-electron chi connectivity index (χ3n) is 4.70. The number of carbonyl (C=O) groups excluding carboxylic acids is 1. The van der Waals surface area contributed by atoms with Crippen LogP contribution in [0.25, 0.3) is 0 Å². The molecule has 32 heavy (non-hydrogen) atoms. The molecule has 1 N–H and O–H groups in total. The van der Waals surface area contributed by atoms with E-state index in [0.29, 0.717) is 22.2 Å². The molecule has 0 fully saturated rings. The number of para-hydroxylation sites is 1. The van der Waals surface area contributed by atoms with E-state index in [1.165, 1.54) is 16.4 Å². The van der Waals surface area contributed by atoms with Crippen molar-refractivity contribution in [3.05, 3.63) is 89.0 Å². The average molecular weight is 452 g/mol. The molecule has 164 valence electrons. The van der Waals surface area contributed by atoms with Gasteiger partial charge in [-0.3, -0.25) is 4.79 Å². The maximum Gasteiger partial charge on any atom is 0.274 e. The predicted octanol–water partition coefficient (Wildman–Crippen LogP) is 4.68. The summed E-state index contributed by atoms with van der Waals surface area (Å²) < 4.78 is 14.5. The Morgan fingerprint density at radius 1 is 1.03 bits per heavy atom. The molecule has 0 bridgehead atoms. The molecule has 0 saturated carbocycles. The number of amides is 1. The summed E-state index contributed by atoms with van der Waals surface area (Å²) >= 11 is 6.10. The van der Waals surface area contributed by atoms with E-state index < -0.39 is 0 Å². The first-order valence-electron chi connectivity index (χ1n) is 9.92. The lowest BCUT2D eigenvalue weighted by molar-refractivity contribution is 0.100. The van der Waals surface area contributed by atoms with Crippen molar-refractivity contribution in [1.82, 2.24) is 19.6 Å². The van der Waals surface area contributed by atoms with Crippen LogP contribution in [-0.2, 0) is 13.5 Å². The van der Waals surface area contributed by atoms with E-state index in [9.17, 15) is 4.79 Å². The molecule has 0 spiro atoms. The third kappa shape index (κ3) is 5.09. The molecule has 2 aromatic heterocycles. The minimum atomic E-state index is -0.333. The summed E-state index contributed by atoms with van der Waals surface area (Å²) in [7, 11) is 0. The van der Waals surface area contributed by atoms with E-state index in [-0.39, 0.29) is 19.4 Å². The van der Waals surface area contributed by atoms with Crippen molar-refractivity contribution in [2.75, 3.05) is 5.32 Å². The zero-order chi connectivity index (χ0) is 22.5. The fraction of sp³-hybridized carbons (Fsp3) is 0.174. The number of rotatable bonds is 8. The SMILES string of the molecule is Cc1ccc(OCn2cc(NC(=O)c3ccnn3COc3ccccc3Cl)cn2)c(C)c1. The van der Waals surface area contributed by atoms with Gasteiger partial charge in [-0.2, -0.15) is 10.2 Å². The highest BCUT2D eigenvalue weighted by molar-refractivity contribution is 6.32. The van der Waals surface area contributed by atoms with Crippen molar-refractivity contribution < 1.29 is 14.3 Å². The van der Waals surface area contributed by atoms with Crippen LogP contribution in [0.2, 0.25) is 5.02 Å². The van der Waals surface area contributed by atoms with Crippen LogP contribution < -0.4 is 14.8 Å². The number of aryl methyl sites for hydroxylation is 2. The molecular weight excluding hydrogens is 430 g/mol. The van der Waals surface area contributed by atoms with Gasteiger partial charge in [-0.15, -0.1) is 0 Å². The Bertz CT molecular complexity index is 1230. The number of anilines is 1. The fourth-order valence-corrected chi connectivity index (χ4v) is 3.30. The zero-order valence-electron chi connectivity index (χ0n) is 17.7. The summed E-state index contributed by atoms with van der Waals surface area (Å²) in [6, 6.07) is 14.7. The number of hydrogen-bond acceptors (Lipinski definition) is 5. The van der Waals surface area contributed by atoms with Crippen LogP contribution in [-0.4, -0.2) is 25.5 Å². The van der Waals surface area contributed by atoms with E-state index in [2.05, 4.69) is 21.6 Å².